The minimum absolute atomic E-state index is 0.0209. The van der Waals surface area contributed by atoms with Gasteiger partial charge in [-0.2, -0.15) is 5.10 Å². The van der Waals surface area contributed by atoms with Crippen molar-refractivity contribution in [3.8, 4) is 0 Å². The highest BCUT2D eigenvalue weighted by Gasteiger charge is 2.25. The second-order valence-corrected chi connectivity index (χ2v) is 7.59. The zero-order valence-electron chi connectivity index (χ0n) is 14.8. The van der Waals surface area contributed by atoms with E-state index in [2.05, 4.69) is 21.8 Å². The SMILES string of the molecule is CCCC(C)c1cc(NS(=O)(=O)c2cccc(C)c2C(=O)OC)n[nH]1. The molecular formula is C17H23N3O4S. The van der Waals surface area contributed by atoms with E-state index in [1.165, 1.54) is 13.2 Å². The highest BCUT2D eigenvalue weighted by Crippen LogP contribution is 2.25. The molecule has 0 fully saturated rings. The number of anilines is 1. The van der Waals surface area contributed by atoms with Crippen LogP contribution in [-0.2, 0) is 14.8 Å². The molecule has 8 heteroatoms. The highest BCUT2D eigenvalue weighted by atomic mass is 32.2. The minimum atomic E-state index is -3.98. The van der Waals surface area contributed by atoms with E-state index >= 15 is 0 Å². The lowest BCUT2D eigenvalue weighted by atomic mass is 10.0. The summed E-state index contributed by atoms with van der Waals surface area (Å²) in [7, 11) is -2.76. The first-order valence-electron chi connectivity index (χ1n) is 8.06. The van der Waals surface area contributed by atoms with Gasteiger partial charge in [-0.15, -0.1) is 0 Å². The summed E-state index contributed by atoms with van der Waals surface area (Å²) in [4.78, 5) is 11.8. The minimum Gasteiger partial charge on any atom is -0.465 e. The molecule has 7 nitrogen and oxygen atoms in total. The van der Waals surface area contributed by atoms with Gasteiger partial charge in [0.1, 0.15) is 4.90 Å². The molecule has 1 aromatic carbocycles. The van der Waals surface area contributed by atoms with Crippen LogP contribution in [0.3, 0.4) is 0 Å². The standard InChI is InChI=1S/C17H23N3O4S/c1-5-7-11(2)13-10-15(19-18-13)20-25(22,23)14-9-6-8-12(3)16(14)17(21)24-4/h6,8-11H,5,7H2,1-4H3,(H2,18,19,20). The van der Waals surface area contributed by atoms with Crippen molar-refractivity contribution in [2.45, 2.75) is 44.4 Å². The molecule has 136 valence electrons. The molecule has 2 rings (SSSR count). The van der Waals surface area contributed by atoms with Gasteiger partial charge in [0.05, 0.1) is 12.7 Å². The quantitative estimate of drug-likeness (QED) is 0.734. The van der Waals surface area contributed by atoms with Crippen molar-refractivity contribution in [2.24, 2.45) is 0 Å². The number of carbonyl (C=O) groups excluding carboxylic acids is 1. The van der Waals surface area contributed by atoms with Crippen molar-refractivity contribution in [1.82, 2.24) is 10.2 Å². The van der Waals surface area contributed by atoms with Gasteiger partial charge in [-0.05, 0) is 30.9 Å². The number of nitrogens with one attached hydrogen (secondary N) is 2. The maximum atomic E-state index is 12.7. The molecular weight excluding hydrogens is 342 g/mol. The summed E-state index contributed by atoms with van der Waals surface area (Å²) in [6, 6.07) is 6.28. The Morgan fingerprint density at radius 3 is 2.76 bits per heavy atom. The van der Waals surface area contributed by atoms with Crippen LogP contribution in [0.15, 0.2) is 29.2 Å². The number of methoxy groups -OCH3 is 1. The number of aromatic amines is 1. The predicted molar refractivity (Wildman–Crippen MR) is 95.2 cm³/mol. The fourth-order valence-electron chi connectivity index (χ4n) is 2.65. The number of hydrogen-bond donors (Lipinski definition) is 2. The summed E-state index contributed by atoms with van der Waals surface area (Å²) in [6.45, 7) is 5.79. The maximum absolute atomic E-state index is 12.7. The third-order valence-electron chi connectivity index (χ3n) is 4.00. The van der Waals surface area contributed by atoms with Gasteiger partial charge in [0, 0.05) is 11.8 Å². The maximum Gasteiger partial charge on any atom is 0.339 e. The van der Waals surface area contributed by atoms with E-state index in [0.29, 0.717) is 5.56 Å². The third kappa shape index (κ3) is 4.19. The van der Waals surface area contributed by atoms with E-state index in [-0.39, 0.29) is 22.2 Å². The Bertz CT molecular complexity index is 859. The number of aromatic nitrogens is 2. The number of aryl methyl sites for hydroxylation is 1. The second kappa shape index (κ2) is 7.69. The summed E-state index contributed by atoms with van der Waals surface area (Å²) in [5, 5.41) is 6.87. The van der Waals surface area contributed by atoms with Gasteiger partial charge in [-0.25, -0.2) is 13.2 Å². The molecule has 0 bridgehead atoms. The molecule has 2 N–H and O–H groups in total. The summed E-state index contributed by atoms with van der Waals surface area (Å²) in [6.07, 6.45) is 1.99. The summed E-state index contributed by atoms with van der Waals surface area (Å²) in [5.74, 6) is -0.256. The van der Waals surface area contributed by atoms with Gasteiger partial charge >= 0.3 is 5.97 Å². The Morgan fingerprint density at radius 1 is 1.40 bits per heavy atom. The van der Waals surface area contributed by atoms with Crippen LogP contribution in [0.4, 0.5) is 5.82 Å². The number of ether oxygens (including phenoxy) is 1. The van der Waals surface area contributed by atoms with Crippen LogP contribution in [0.2, 0.25) is 0 Å². The van der Waals surface area contributed by atoms with E-state index in [1.54, 1.807) is 25.1 Å². The lowest BCUT2D eigenvalue weighted by Crippen LogP contribution is -2.18. The number of carbonyl (C=O) groups is 1. The van der Waals surface area contributed by atoms with E-state index in [1.807, 2.05) is 6.92 Å². The van der Waals surface area contributed by atoms with Gasteiger partial charge in [0.15, 0.2) is 5.82 Å². The molecule has 1 unspecified atom stereocenters. The van der Waals surface area contributed by atoms with Crippen LogP contribution in [0.25, 0.3) is 0 Å². The fourth-order valence-corrected chi connectivity index (χ4v) is 3.91. The summed E-state index contributed by atoms with van der Waals surface area (Å²) in [5.41, 5.74) is 1.40. The molecule has 1 heterocycles. The molecule has 1 aromatic heterocycles. The van der Waals surface area contributed by atoms with Crippen LogP contribution in [0.5, 0.6) is 0 Å². The first-order valence-corrected chi connectivity index (χ1v) is 9.54. The Hall–Kier alpha value is -2.35. The number of sulfonamides is 1. The topological polar surface area (TPSA) is 101 Å². The lowest BCUT2D eigenvalue weighted by Gasteiger charge is -2.11. The smallest absolute Gasteiger partial charge is 0.339 e. The highest BCUT2D eigenvalue weighted by molar-refractivity contribution is 7.92. The van der Waals surface area contributed by atoms with Crippen LogP contribution >= 0.6 is 0 Å². The first kappa shape index (κ1) is 19.0. The Balaban J connectivity index is 2.35. The van der Waals surface area contributed by atoms with E-state index < -0.39 is 16.0 Å². The molecule has 0 radical (unpaired) electrons. The Morgan fingerprint density at radius 2 is 2.12 bits per heavy atom. The summed E-state index contributed by atoms with van der Waals surface area (Å²) < 4.78 is 32.6. The molecule has 0 saturated heterocycles. The molecule has 0 aliphatic heterocycles. The number of hydrogen-bond acceptors (Lipinski definition) is 5. The van der Waals surface area contributed by atoms with Gasteiger partial charge in [-0.3, -0.25) is 9.82 Å². The summed E-state index contributed by atoms with van der Waals surface area (Å²) >= 11 is 0. The van der Waals surface area contributed by atoms with Crippen LogP contribution in [0.1, 0.15) is 54.2 Å². The molecule has 0 amide bonds. The molecule has 2 aromatic rings. The van der Waals surface area contributed by atoms with Crippen molar-refractivity contribution in [3.05, 3.63) is 41.1 Å². The number of H-pyrrole nitrogens is 1. The van der Waals surface area contributed by atoms with E-state index in [0.717, 1.165) is 18.5 Å². The van der Waals surface area contributed by atoms with Crippen molar-refractivity contribution < 1.29 is 17.9 Å². The number of rotatable bonds is 7. The average molecular weight is 365 g/mol. The van der Waals surface area contributed by atoms with Crippen LogP contribution < -0.4 is 4.72 Å². The van der Waals surface area contributed by atoms with Gasteiger partial charge in [0.2, 0.25) is 0 Å². The van der Waals surface area contributed by atoms with Crippen molar-refractivity contribution in [3.63, 3.8) is 0 Å². The molecule has 0 saturated carbocycles. The number of nitrogens with zero attached hydrogens (tertiary/aromatic N) is 1. The fraction of sp³-hybridized carbons (Fsp3) is 0.412. The first-order chi connectivity index (χ1) is 11.8. The monoisotopic (exact) mass is 365 g/mol. The van der Waals surface area contributed by atoms with E-state index in [9.17, 15) is 13.2 Å². The van der Waals surface area contributed by atoms with Crippen molar-refractivity contribution >= 4 is 21.8 Å². The van der Waals surface area contributed by atoms with Gasteiger partial charge in [0.25, 0.3) is 10.0 Å². The lowest BCUT2D eigenvalue weighted by molar-refractivity contribution is 0.0595. The Kier molecular flexibility index (Phi) is 5.84. The molecule has 25 heavy (non-hydrogen) atoms. The molecule has 0 aliphatic rings. The molecule has 1 atom stereocenters. The molecule has 0 spiro atoms. The molecule has 0 aliphatic carbocycles. The normalized spacial score (nSPS) is 12.6. The second-order valence-electron chi connectivity index (χ2n) is 5.94. The van der Waals surface area contributed by atoms with Crippen LogP contribution in [-0.4, -0.2) is 31.7 Å². The number of benzene rings is 1. The van der Waals surface area contributed by atoms with Crippen molar-refractivity contribution in [2.75, 3.05) is 11.8 Å². The predicted octanol–water partition coefficient (Wildman–Crippen LogP) is 3.21. The van der Waals surface area contributed by atoms with Gasteiger partial charge in [-0.1, -0.05) is 32.4 Å². The van der Waals surface area contributed by atoms with Crippen molar-refractivity contribution in [1.29, 1.82) is 0 Å². The van der Waals surface area contributed by atoms with E-state index in [4.69, 9.17) is 4.74 Å². The van der Waals surface area contributed by atoms with Crippen LogP contribution in [0, 0.1) is 6.92 Å². The zero-order chi connectivity index (χ0) is 18.6. The average Bonchev–Trinajstić information content (AvgIpc) is 3.02. The zero-order valence-corrected chi connectivity index (χ0v) is 15.6. The number of esters is 1. The largest absolute Gasteiger partial charge is 0.465 e. The third-order valence-corrected chi connectivity index (χ3v) is 5.40. The van der Waals surface area contributed by atoms with Gasteiger partial charge < -0.3 is 4.74 Å². The Labute approximate surface area is 147 Å².